The molecule has 1 N–H and O–H groups in total. The summed E-state index contributed by atoms with van der Waals surface area (Å²) in [4.78, 5) is 31.3. The molecule has 7 heteroatoms. The Morgan fingerprint density at radius 2 is 1.45 bits per heavy atom. The molecule has 0 bridgehead atoms. The van der Waals surface area contributed by atoms with E-state index in [1.807, 2.05) is 66.7 Å². The molecule has 0 unspecified atom stereocenters. The summed E-state index contributed by atoms with van der Waals surface area (Å²) in [6.45, 7) is 0. The highest BCUT2D eigenvalue weighted by molar-refractivity contribution is 8.31. The quantitative estimate of drug-likeness (QED) is 0.431. The van der Waals surface area contributed by atoms with Crippen LogP contribution >= 0.6 is 23.5 Å². The molecule has 0 radical (unpaired) electrons. The van der Waals surface area contributed by atoms with E-state index in [-0.39, 0.29) is 11.1 Å². The molecule has 1 aliphatic rings. The molecular weight excluding hydrogens is 402 g/mol. The lowest BCUT2D eigenvalue weighted by Gasteiger charge is -2.14. The maximum absolute atomic E-state index is 12.9. The van der Waals surface area contributed by atoms with E-state index in [1.54, 1.807) is 24.3 Å². The van der Waals surface area contributed by atoms with Gasteiger partial charge >= 0.3 is 0 Å². The minimum Gasteiger partial charge on any atom is -0.335 e. The fourth-order valence-corrected chi connectivity index (χ4v) is 4.87. The summed E-state index contributed by atoms with van der Waals surface area (Å²) < 4.78 is -0.610. The van der Waals surface area contributed by atoms with Crippen molar-refractivity contribution >= 4 is 56.9 Å². The molecule has 5 nitrogen and oxygen atoms in total. The van der Waals surface area contributed by atoms with Crippen LogP contribution in [-0.4, -0.2) is 20.9 Å². The van der Waals surface area contributed by atoms with E-state index in [4.69, 9.17) is 0 Å². The molecule has 3 aromatic rings. The largest absolute Gasteiger partial charge is 0.335 e. The zero-order valence-corrected chi connectivity index (χ0v) is 16.9. The molecule has 0 aromatic heterocycles. The van der Waals surface area contributed by atoms with E-state index in [0.29, 0.717) is 10.9 Å². The molecule has 0 saturated carbocycles. The second-order valence-corrected chi connectivity index (χ2v) is 8.53. The maximum Gasteiger partial charge on any atom is 0.294 e. The number of nitrogens with zero attached hydrogens (tertiary/aromatic N) is 2. The SMILES string of the molecule is O=C1S[C@H](SC(=Nc2ccccc2)Nc2ccccc2)C(=O)N1c1ccccc1. The van der Waals surface area contributed by atoms with Crippen LogP contribution in [0.15, 0.2) is 96.0 Å². The Balaban J connectivity index is 1.58. The van der Waals surface area contributed by atoms with E-state index < -0.39 is 4.58 Å². The van der Waals surface area contributed by atoms with Gasteiger partial charge in [0.2, 0.25) is 0 Å². The fraction of sp³-hybridized carbons (Fsp3) is 0.0455. The monoisotopic (exact) mass is 419 g/mol. The van der Waals surface area contributed by atoms with Gasteiger partial charge in [0.1, 0.15) is 4.58 Å². The Bertz CT molecular complexity index is 1030. The first kappa shape index (κ1) is 19.3. The molecule has 1 atom stereocenters. The van der Waals surface area contributed by atoms with Crippen LogP contribution in [0, 0.1) is 0 Å². The highest BCUT2D eigenvalue weighted by Gasteiger charge is 2.41. The van der Waals surface area contributed by atoms with Crippen molar-refractivity contribution in [2.45, 2.75) is 4.58 Å². The van der Waals surface area contributed by atoms with Crippen molar-refractivity contribution < 1.29 is 9.59 Å². The molecule has 3 aromatic carbocycles. The first-order valence-corrected chi connectivity index (χ1v) is 10.7. The van der Waals surface area contributed by atoms with Gasteiger partial charge in [0, 0.05) is 5.69 Å². The van der Waals surface area contributed by atoms with E-state index >= 15 is 0 Å². The van der Waals surface area contributed by atoms with Crippen LogP contribution in [0.2, 0.25) is 0 Å². The van der Waals surface area contributed by atoms with Crippen molar-refractivity contribution in [1.29, 1.82) is 0 Å². The van der Waals surface area contributed by atoms with Gasteiger partial charge in [-0.1, -0.05) is 66.4 Å². The summed E-state index contributed by atoms with van der Waals surface area (Å²) in [6.07, 6.45) is 0. The molecule has 144 valence electrons. The molecule has 0 aliphatic carbocycles. The molecule has 1 aliphatic heterocycles. The van der Waals surface area contributed by atoms with Crippen molar-refractivity contribution in [3.05, 3.63) is 91.0 Å². The number of anilines is 2. The van der Waals surface area contributed by atoms with Gasteiger partial charge in [0.25, 0.3) is 11.1 Å². The molecule has 1 heterocycles. The van der Waals surface area contributed by atoms with E-state index in [9.17, 15) is 9.59 Å². The van der Waals surface area contributed by atoms with Crippen LogP contribution in [0.1, 0.15) is 0 Å². The molecular formula is C22H17N3O2S2. The zero-order valence-electron chi connectivity index (χ0n) is 15.3. The number of aliphatic imine (C=N–C) groups is 1. The lowest BCUT2D eigenvalue weighted by molar-refractivity contribution is -0.115. The average molecular weight is 420 g/mol. The molecule has 2 amide bonds. The molecule has 1 saturated heterocycles. The first-order valence-electron chi connectivity index (χ1n) is 8.93. The van der Waals surface area contributed by atoms with Gasteiger partial charge in [-0.3, -0.25) is 9.59 Å². The summed E-state index contributed by atoms with van der Waals surface area (Å²) in [5, 5.41) is 3.53. The van der Waals surface area contributed by atoms with Gasteiger partial charge in [0.15, 0.2) is 5.17 Å². The molecule has 4 rings (SSSR count). The van der Waals surface area contributed by atoms with E-state index in [2.05, 4.69) is 10.3 Å². The second kappa shape index (κ2) is 8.98. The predicted octanol–water partition coefficient (Wildman–Crippen LogP) is 5.75. The third-order valence-electron chi connectivity index (χ3n) is 4.06. The van der Waals surface area contributed by atoms with Crippen LogP contribution in [0.25, 0.3) is 0 Å². The second-order valence-electron chi connectivity index (χ2n) is 6.09. The Hall–Kier alpha value is -3.03. The summed E-state index contributed by atoms with van der Waals surface area (Å²) in [7, 11) is 0. The standard InChI is InChI=1S/C22H17N3O2S2/c26-19-20(29-22(27)25(19)18-14-8-3-9-15-18)28-21(23-16-10-4-1-5-11-16)24-17-12-6-2-7-13-17/h1-15,20H,(H,23,24)/t20-/m0/s1. The number of nitrogens with one attached hydrogen (secondary N) is 1. The van der Waals surface area contributed by atoms with E-state index in [1.165, 1.54) is 16.7 Å². The number of para-hydroxylation sites is 3. The lowest BCUT2D eigenvalue weighted by Crippen LogP contribution is -2.31. The highest BCUT2D eigenvalue weighted by atomic mass is 32.2. The normalized spacial score (nSPS) is 16.9. The Morgan fingerprint density at radius 3 is 2.10 bits per heavy atom. The minimum atomic E-state index is -0.610. The van der Waals surface area contributed by atoms with Gasteiger partial charge in [-0.05, 0) is 48.2 Å². The number of amidine groups is 1. The van der Waals surface area contributed by atoms with Gasteiger partial charge in [-0.25, -0.2) is 9.89 Å². The Labute approximate surface area is 177 Å². The maximum atomic E-state index is 12.9. The zero-order chi connectivity index (χ0) is 20.1. The molecule has 1 fully saturated rings. The lowest BCUT2D eigenvalue weighted by atomic mass is 10.3. The van der Waals surface area contributed by atoms with Gasteiger partial charge in [-0.15, -0.1) is 0 Å². The van der Waals surface area contributed by atoms with Crippen molar-refractivity contribution in [3.8, 4) is 0 Å². The summed E-state index contributed by atoms with van der Waals surface area (Å²) >= 11 is 2.25. The van der Waals surface area contributed by atoms with Crippen molar-refractivity contribution in [1.82, 2.24) is 0 Å². The smallest absolute Gasteiger partial charge is 0.294 e. The first-order chi connectivity index (χ1) is 14.2. The molecule has 29 heavy (non-hydrogen) atoms. The van der Waals surface area contributed by atoms with Crippen molar-refractivity contribution in [2.75, 3.05) is 10.2 Å². The fourth-order valence-electron chi connectivity index (χ4n) is 2.72. The number of hydrogen-bond acceptors (Lipinski definition) is 5. The third kappa shape index (κ3) is 4.70. The number of amides is 2. The number of rotatable bonds is 4. The topological polar surface area (TPSA) is 61.8 Å². The van der Waals surface area contributed by atoms with Gasteiger partial charge in [0.05, 0.1) is 11.4 Å². The Kier molecular flexibility index (Phi) is 5.97. The minimum absolute atomic E-state index is 0.258. The van der Waals surface area contributed by atoms with Crippen molar-refractivity contribution in [3.63, 3.8) is 0 Å². The number of hydrogen-bond donors (Lipinski definition) is 1. The predicted molar refractivity (Wildman–Crippen MR) is 122 cm³/mol. The number of carbonyl (C=O) groups is 2. The number of carbonyl (C=O) groups excluding carboxylic acids is 2. The average Bonchev–Trinajstić information content (AvgIpc) is 3.03. The summed E-state index contributed by atoms with van der Waals surface area (Å²) in [5.41, 5.74) is 2.20. The van der Waals surface area contributed by atoms with E-state index in [0.717, 1.165) is 23.1 Å². The van der Waals surface area contributed by atoms with Crippen LogP contribution in [0.4, 0.5) is 21.9 Å². The van der Waals surface area contributed by atoms with Crippen LogP contribution in [0.3, 0.4) is 0 Å². The van der Waals surface area contributed by atoms with Crippen LogP contribution in [0.5, 0.6) is 0 Å². The van der Waals surface area contributed by atoms with Gasteiger partial charge < -0.3 is 5.32 Å². The van der Waals surface area contributed by atoms with Crippen molar-refractivity contribution in [2.24, 2.45) is 4.99 Å². The third-order valence-corrected chi connectivity index (χ3v) is 6.27. The number of benzene rings is 3. The van der Waals surface area contributed by atoms with Gasteiger partial charge in [-0.2, -0.15) is 0 Å². The number of imide groups is 1. The number of thioether (sulfide) groups is 2. The van der Waals surface area contributed by atoms with Crippen LogP contribution < -0.4 is 10.2 Å². The molecule has 0 spiro atoms. The van der Waals surface area contributed by atoms with Crippen LogP contribution in [-0.2, 0) is 4.79 Å². The summed E-state index contributed by atoms with van der Waals surface area (Å²) in [6, 6.07) is 28.1. The summed E-state index contributed by atoms with van der Waals surface area (Å²) in [5.74, 6) is -0.258. The Morgan fingerprint density at radius 1 is 0.862 bits per heavy atom. The highest BCUT2D eigenvalue weighted by Crippen LogP contribution is 2.38.